The SMILES string of the molecule is CCc1oc(C(=O)O)cc1CN1CCOCC1CC1CCOCC1. The van der Waals surface area contributed by atoms with Gasteiger partial charge in [0, 0.05) is 44.3 Å². The molecular weight excluding hydrogens is 310 g/mol. The van der Waals surface area contributed by atoms with Crippen molar-refractivity contribution in [1.29, 1.82) is 0 Å². The highest BCUT2D eigenvalue weighted by Crippen LogP contribution is 2.26. The van der Waals surface area contributed by atoms with Gasteiger partial charge in [0.15, 0.2) is 0 Å². The number of aromatic carboxylic acids is 1. The number of aryl methyl sites for hydroxylation is 1. The highest BCUT2D eigenvalue weighted by molar-refractivity contribution is 5.84. The molecule has 3 heterocycles. The molecule has 6 heteroatoms. The van der Waals surface area contributed by atoms with E-state index in [0.29, 0.717) is 18.4 Å². The number of morpholine rings is 1. The van der Waals surface area contributed by atoms with Crippen LogP contribution in [0.15, 0.2) is 10.5 Å². The number of ether oxygens (including phenoxy) is 2. The molecule has 1 N–H and O–H groups in total. The van der Waals surface area contributed by atoms with E-state index < -0.39 is 5.97 Å². The summed E-state index contributed by atoms with van der Waals surface area (Å²) >= 11 is 0. The van der Waals surface area contributed by atoms with Crippen LogP contribution in [0.25, 0.3) is 0 Å². The molecule has 2 aliphatic rings. The number of carbonyl (C=O) groups is 1. The van der Waals surface area contributed by atoms with Crippen molar-refractivity contribution in [2.75, 3.05) is 33.0 Å². The fraction of sp³-hybridized carbons (Fsp3) is 0.722. The number of hydrogen-bond acceptors (Lipinski definition) is 5. The van der Waals surface area contributed by atoms with Gasteiger partial charge in [-0.15, -0.1) is 0 Å². The van der Waals surface area contributed by atoms with E-state index in [2.05, 4.69) is 4.90 Å². The molecule has 3 rings (SSSR count). The Morgan fingerprint density at radius 1 is 1.29 bits per heavy atom. The Labute approximate surface area is 142 Å². The highest BCUT2D eigenvalue weighted by atomic mass is 16.5. The Morgan fingerprint density at radius 2 is 2.08 bits per heavy atom. The topological polar surface area (TPSA) is 72.1 Å². The van der Waals surface area contributed by atoms with Gasteiger partial charge in [-0.3, -0.25) is 4.90 Å². The minimum absolute atomic E-state index is 0.0380. The summed E-state index contributed by atoms with van der Waals surface area (Å²) in [7, 11) is 0. The molecule has 0 amide bonds. The van der Waals surface area contributed by atoms with E-state index >= 15 is 0 Å². The second kappa shape index (κ2) is 8.14. The van der Waals surface area contributed by atoms with Crippen LogP contribution in [0.5, 0.6) is 0 Å². The Hall–Kier alpha value is -1.37. The van der Waals surface area contributed by atoms with Crippen molar-refractivity contribution in [3.05, 3.63) is 23.2 Å². The van der Waals surface area contributed by atoms with Gasteiger partial charge in [0.1, 0.15) is 5.76 Å². The molecule has 1 aromatic heterocycles. The fourth-order valence-corrected chi connectivity index (χ4v) is 3.71. The van der Waals surface area contributed by atoms with Crippen LogP contribution in [0.3, 0.4) is 0 Å². The Bertz CT molecular complexity index is 550. The standard InChI is InChI=1S/C18H27NO5/c1-2-16-14(10-17(24-16)18(20)21)11-19-5-8-23-12-15(19)9-13-3-6-22-7-4-13/h10,13,15H,2-9,11-12H2,1H3,(H,20,21). The van der Waals surface area contributed by atoms with Crippen LogP contribution in [0.2, 0.25) is 0 Å². The third kappa shape index (κ3) is 4.18. The van der Waals surface area contributed by atoms with Crippen LogP contribution in [-0.4, -0.2) is 55.0 Å². The van der Waals surface area contributed by atoms with Gasteiger partial charge in [-0.25, -0.2) is 4.79 Å². The van der Waals surface area contributed by atoms with Gasteiger partial charge in [0.25, 0.3) is 0 Å². The normalized spacial score (nSPS) is 23.5. The Morgan fingerprint density at radius 3 is 2.79 bits per heavy atom. The predicted octanol–water partition coefficient (Wildman–Crippen LogP) is 2.56. The second-order valence-corrected chi connectivity index (χ2v) is 6.71. The average Bonchev–Trinajstić information content (AvgIpc) is 3.01. The summed E-state index contributed by atoms with van der Waals surface area (Å²) in [6.07, 6.45) is 4.07. The maximum atomic E-state index is 11.2. The zero-order valence-corrected chi connectivity index (χ0v) is 14.3. The first kappa shape index (κ1) is 17.5. The van der Waals surface area contributed by atoms with Crippen molar-refractivity contribution in [1.82, 2.24) is 4.90 Å². The minimum atomic E-state index is -1.00. The predicted molar refractivity (Wildman–Crippen MR) is 88.2 cm³/mol. The average molecular weight is 337 g/mol. The molecule has 6 nitrogen and oxygen atoms in total. The zero-order chi connectivity index (χ0) is 16.9. The van der Waals surface area contributed by atoms with Gasteiger partial charge in [-0.1, -0.05) is 6.92 Å². The lowest BCUT2D eigenvalue weighted by Crippen LogP contribution is -2.46. The van der Waals surface area contributed by atoms with Gasteiger partial charge < -0.3 is 19.0 Å². The molecule has 2 aliphatic heterocycles. The maximum Gasteiger partial charge on any atom is 0.371 e. The van der Waals surface area contributed by atoms with E-state index in [0.717, 1.165) is 70.1 Å². The molecule has 1 atom stereocenters. The molecule has 24 heavy (non-hydrogen) atoms. The first-order valence-electron chi connectivity index (χ1n) is 8.91. The number of carboxylic acids is 1. The van der Waals surface area contributed by atoms with E-state index in [4.69, 9.17) is 19.0 Å². The van der Waals surface area contributed by atoms with Crippen molar-refractivity contribution in [2.45, 2.75) is 45.2 Å². The molecule has 1 unspecified atom stereocenters. The molecule has 0 spiro atoms. The van der Waals surface area contributed by atoms with Crippen LogP contribution in [0.4, 0.5) is 0 Å². The van der Waals surface area contributed by atoms with Gasteiger partial charge in [-0.05, 0) is 31.2 Å². The highest BCUT2D eigenvalue weighted by Gasteiger charge is 2.28. The third-order valence-corrected chi connectivity index (χ3v) is 5.10. The summed E-state index contributed by atoms with van der Waals surface area (Å²) < 4.78 is 16.6. The van der Waals surface area contributed by atoms with Crippen LogP contribution in [0.1, 0.15) is 48.1 Å². The molecule has 0 saturated carbocycles. The van der Waals surface area contributed by atoms with E-state index in [9.17, 15) is 4.79 Å². The number of nitrogens with zero attached hydrogens (tertiary/aromatic N) is 1. The Kier molecular flexibility index (Phi) is 5.92. The zero-order valence-electron chi connectivity index (χ0n) is 14.3. The lowest BCUT2D eigenvalue weighted by Gasteiger charge is -2.38. The summed E-state index contributed by atoms with van der Waals surface area (Å²) in [6, 6.07) is 2.07. The van der Waals surface area contributed by atoms with Gasteiger partial charge in [0.05, 0.1) is 13.2 Å². The number of rotatable bonds is 6. The van der Waals surface area contributed by atoms with Crippen LogP contribution in [0, 0.1) is 5.92 Å². The van der Waals surface area contributed by atoms with E-state index in [1.807, 2.05) is 6.92 Å². The molecular formula is C18H27NO5. The van der Waals surface area contributed by atoms with Crippen LogP contribution in [-0.2, 0) is 22.4 Å². The van der Waals surface area contributed by atoms with E-state index in [1.165, 1.54) is 0 Å². The van der Waals surface area contributed by atoms with Crippen molar-refractivity contribution in [3.63, 3.8) is 0 Å². The van der Waals surface area contributed by atoms with Crippen molar-refractivity contribution in [2.24, 2.45) is 5.92 Å². The summed E-state index contributed by atoms with van der Waals surface area (Å²) in [6.45, 7) is 6.82. The molecule has 2 saturated heterocycles. The first-order valence-corrected chi connectivity index (χ1v) is 8.91. The minimum Gasteiger partial charge on any atom is -0.475 e. The third-order valence-electron chi connectivity index (χ3n) is 5.10. The summed E-state index contributed by atoms with van der Waals surface area (Å²) in [5.41, 5.74) is 0.994. The fourth-order valence-electron chi connectivity index (χ4n) is 3.71. The molecule has 1 aromatic rings. The molecule has 2 fully saturated rings. The summed E-state index contributed by atoms with van der Waals surface area (Å²) in [5.74, 6) is 0.508. The van der Waals surface area contributed by atoms with Crippen molar-refractivity contribution < 1.29 is 23.8 Å². The van der Waals surface area contributed by atoms with E-state index in [1.54, 1.807) is 6.07 Å². The quantitative estimate of drug-likeness (QED) is 0.860. The Balaban J connectivity index is 1.68. The second-order valence-electron chi connectivity index (χ2n) is 6.71. The molecule has 134 valence electrons. The number of carboxylic acid groups (broad SMARTS) is 1. The lowest BCUT2D eigenvalue weighted by molar-refractivity contribution is -0.0291. The molecule has 0 aliphatic carbocycles. The first-order chi connectivity index (χ1) is 11.7. The van der Waals surface area contributed by atoms with Crippen molar-refractivity contribution >= 4 is 5.97 Å². The van der Waals surface area contributed by atoms with Gasteiger partial charge >= 0.3 is 5.97 Å². The number of furan rings is 1. The van der Waals surface area contributed by atoms with E-state index in [-0.39, 0.29) is 5.76 Å². The largest absolute Gasteiger partial charge is 0.475 e. The molecule has 0 radical (unpaired) electrons. The smallest absolute Gasteiger partial charge is 0.371 e. The lowest BCUT2D eigenvalue weighted by atomic mass is 9.91. The van der Waals surface area contributed by atoms with Gasteiger partial charge in [-0.2, -0.15) is 0 Å². The molecule has 0 bridgehead atoms. The number of hydrogen-bond donors (Lipinski definition) is 1. The summed E-state index contributed by atoms with van der Waals surface area (Å²) in [4.78, 5) is 13.6. The van der Waals surface area contributed by atoms with Gasteiger partial charge in [0.2, 0.25) is 5.76 Å². The summed E-state index contributed by atoms with van der Waals surface area (Å²) in [5, 5.41) is 9.15. The monoisotopic (exact) mass is 337 g/mol. The molecule has 0 aromatic carbocycles. The van der Waals surface area contributed by atoms with Crippen LogP contribution >= 0.6 is 0 Å². The maximum absolute atomic E-state index is 11.2. The van der Waals surface area contributed by atoms with Crippen LogP contribution < -0.4 is 0 Å². The van der Waals surface area contributed by atoms with Crippen molar-refractivity contribution in [3.8, 4) is 0 Å².